The highest BCUT2D eigenvalue weighted by Crippen LogP contribution is 2.36. The summed E-state index contributed by atoms with van der Waals surface area (Å²) >= 11 is 6.31. The number of fused-ring (bicyclic) bond motifs is 1. The molecule has 9 heteroatoms. The summed E-state index contributed by atoms with van der Waals surface area (Å²) in [5.41, 5.74) is 8.47. The summed E-state index contributed by atoms with van der Waals surface area (Å²) in [5.74, 6) is -0.649. The van der Waals surface area contributed by atoms with Gasteiger partial charge < -0.3 is 20.1 Å². The lowest BCUT2D eigenvalue weighted by Gasteiger charge is -2.11. The van der Waals surface area contributed by atoms with Crippen LogP contribution in [0.3, 0.4) is 0 Å². The van der Waals surface area contributed by atoms with Gasteiger partial charge in [-0.15, -0.1) is 0 Å². The average molecular weight is 585 g/mol. The number of aromatic nitrogens is 3. The van der Waals surface area contributed by atoms with Crippen LogP contribution in [0.25, 0.3) is 22.0 Å². The number of carbonyl (C=O) groups is 2. The Bertz CT molecular complexity index is 1810. The van der Waals surface area contributed by atoms with Crippen LogP contribution >= 0.6 is 11.6 Å². The van der Waals surface area contributed by atoms with Gasteiger partial charge in [-0.2, -0.15) is 5.10 Å². The number of nitrogens with one attached hydrogen (secondary N) is 2. The normalized spacial score (nSPS) is 11.2. The van der Waals surface area contributed by atoms with Gasteiger partial charge in [-0.3, -0.25) is 9.48 Å². The van der Waals surface area contributed by atoms with Gasteiger partial charge >= 0.3 is 5.97 Å². The first-order valence-electron chi connectivity index (χ1n) is 13.7. The van der Waals surface area contributed by atoms with Crippen LogP contribution in [0, 0.1) is 27.7 Å². The first-order chi connectivity index (χ1) is 20.0. The number of halogens is 1. The molecule has 0 unspecified atom stereocenters. The molecule has 0 fully saturated rings. The Morgan fingerprint density at radius 2 is 1.76 bits per heavy atom. The fourth-order valence-corrected chi connectivity index (χ4v) is 5.56. The zero-order valence-corrected chi connectivity index (χ0v) is 25.0. The van der Waals surface area contributed by atoms with Gasteiger partial charge in [0.05, 0.1) is 23.4 Å². The van der Waals surface area contributed by atoms with E-state index < -0.39 is 5.97 Å². The second-order valence-electron chi connectivity index (χ2n) is 10.5. The molecule has 0 aliphatic carbocycles. The zero-order chi connectivity index (χ0) is 30.1. The maximum atomic E-state index is 13.7. The molecule has 42 heavy (non-hydrogen) atoms. The van der Waals surface area contributed by atoms with Crippen molar-refractivity contribution in [3.63, 3.8) is 0 Å². The summed E-state index contributed by atoms with van der Waals surface area (Å²) in [6, 6.07) is 16.1. The average Bonchev–Trinajstić information content (AvgIpc) is 3.45. The molecule has 5 aromatic rings. The first-order valence-corrected chi connectivity index (χ1v) is 14.1. The summed E-state index contributed by atoms with van der Waals surface area (Å²) in [5, 5.41) is 18.5. The number of carboxylic acid groups (broad SMARTS) is 1. The summed E-state index contributed by atoms with van der Waals surface area (Å²) in [7, 11) is 1.92. The highest BCUT2D eigenvalue weighted by Gasteiger charge is 2.22. The number of aromatic carboxylic acids is 1. The molecular weight excluding hydrogens is 552 g/mol. The van der Waals surface area contributed by atoms with Crippen molar-refractivity contribution in [1.29, 1.82) is 0 Å². The number of H-pyrrole nitrogens is 1. The maximum Gasteiger partial charge on any atom is 0.335 e. The van der Waals surface area contributed by atoms with Crippen molar-refractivity contribution in [3.8, 4) is 16.9 Å². The number of rotatable bonds is 9. The molecule has 2 heterocycles. The Morgan fingerprint density at radius 3 is 2.43 bits per heavy atom. The van der Waals surface area contributed by atoms with E-state index in [1.807, 2.05) is 69.8 Å². The number of ether oxygens (including phenoxy) is 1. The molecule has 0 spiro atoms. The number of nitrogens with zero attached hydrogens (tertiary/aromatic N) is 2. The van der Waals surface area contributed by atoms with E-state index in [1.165, 1.54) is 12.1 Å². The van der Waals surface area contributed by atoms with E-state index in [9.17, 15) is 14.7 Å². The lowest BCUT2D eigenvalue weighted by atomic mass is 9.98. The van der Waals surface area contributed by atoms with Crippen LogP contribution < -0.4 is 10.1 Å². The lowest BCUT2D eigenvalue weighted by molar-refractivity contribution is 0.0696. The monoisotopic (exact) mass is 584 g/mol. The largest absolute Gasteiger partial charge is 0.494 e. The second kappa shape index (κ2) is 11.7. The van der Waals surface area contributed by atoms with Crippen molar-refractivity contribution in [1.82, 2.24) is 14.8 Å². The van der Waals surface area contributed by atoms with E-state index in [0.29, 0.717) is 30.8 Å². The molecule has 216 valence electrons. The molecule has 3 N–H and O–H groups in total. The van der Waals surface area contributed by atoms with Crippen LogP contribution in [0.1, 0.15) is 55.3 Å². The molecule has 0 aliphatic heterocycles. The van der Waals surface area contributed by atoms with E-state index in [1.54, 1.807) is 12.1 Å². The molecule has 5 rings (SSSR count). The molecule has 0 saturated heterocycles. The lowest BCUT2D eigenvalue weighted by Crippen LogP contribution is -2.15. The minimum atomic E-state index is -1.06. The molecule has 3 aromatic carbocycles. The predicted octanol–water partition coefficient (Wildman–Crippen LogP) is 7.42. The number of anilines is 1. The topological polar surface area (TPSA) is 109 Å². The van der Waals surface area contributed by atoms with Crippen molar-refractivity contribution >= 4 is 40.1 Å². The smallest absolute Gasteiger partial charge is 0.335 e. The van der Waals surface area contributed by atoms with Crippen LogP contribution in [0.5, 0.6) is 5.75 Å². The Kier molecular flexibility index (Phi) is 8.09. The molecule has 0 bridgehead atoms. The zero-order valence-electron chi connectivity index (χ0n) is 24.3. The molecular formula is C33H33ClN4O4. The van der Waals surface area contributed by atoms with Crippen LogP contribution in [-0.2, 0) is 13.5 Å². The Labute approximate surface area is 249 Å². The number of aromatic amines is 1. The SMILES string of the molecule is Cc1cc(OCCCc2c(C(=O)Nc3cccc(C(=O)O)c3)[nH]c3c(-c4c(C)nn(C)c4C)cccc23)cc(C)c1Cl. The fraction of sp³-hybridized carbons (Fsp3) is 0.242. The second-order valence-corrected chi connectivity index (χ2v) is 10.9. The number of carbonyl (C=O) groups excluding carboxylic acids is 1. The first kappa shape index (κ1) is 29.0. The van der Waals surface area contributed by atoms with E-state index in [2.05, 4.69) is 15.4 Å². The number of hydrogen-bond acceptors (Lipinski definition) is 4. The van der Waals surface area contributed by atoms with Gasteiger partial charge in [0, 0.05) is 40.0 Å². The molecule has 8 nitrogen and oxygen atoms in total. The Hall–Kier alpha value is -4.56. The van der Waals surface area contributed by atoms with Crippen molar-refractivity contribution < 1.29 is 19.4 Å². The van der Waals surface area contributed by atoms with Gasteiger partial charge in [0.25, 0.3) is 5.91 Å². The van der Waals surface area contributed by atoms with E-state index in [4.69, 9.17) is 16.3 Å². The van der Waals surface area contributed by atoms with Gasteiger partial charge in [-0.05, 0) is 87.6 Å². The van der Waals surface area contributed by atoms with Crippen molar-refractivity contribution in [2.45, 2.75) is 40.5 Å². The quantitative estimate of drug-likeness (QED) is 0.156. The standard InChI is InChI=1S/C33H33ClN4O4/c1-18-15-24(16-19(2)29(18)34)42-14-8-13-26-25-11-7-12-27(28-20(3)37-38(5)21(28)4)30(25)36-31(26)32(39)35-23-10-6-9-22(17-23)33(40)41/h6-7,9-12,15-17,36H,8,13-14H2,1-5H3,(H,35,39)(H,40,41). The van der Waals surface area contributed by atoms with Crippen molar-refractivity contribution in [2.24, 2.45) is 7.05 Å². The summed E-state index contributed by atoms with van der Waals surface area (Å²) in [4.78, 5) is 28.6. The molecule has 2 aromatic heterocycles. The Balaban J connectivity index is 1.50. The fourth-order valence-electron chi connectivity index (χ4n) is 5.45. The number of amides is 1. The summed E-state index contributed by atoms with van der Waals surface area (Å²) in [6.07, 6.45) is 1.25. The molecule has 0 radical (unpaired) electrons. The van der Waals surface area contributed by atoms with Gasteiger partial charge in [-0.25, -0.2) is 4.79 Å². The molecule has 1 amide bonds. The van der Waals surface area contributed by atoms with E-state index in [-0.39, 0.29) is 11.5 Å². The third kappa shape index (κ3) is 5.63. The van der Waals surface area contributed by atoms with Crippen LogP contribution in [0.2, 0.25) is 5.02 Å². The number of benzene rings is 3. The van der Waals surface area contributed by atoms with E-state index in [0.717, 1.165) is 60.9 Å². The third-order valence-corrected chi connectivity index (χ3v) is 8.16. The number of aryl methyl sites for hydroxylation is 5. The number of carboxylic acids is 1. The van der Waals surface area contributed by atoms with Gasteiger partial charge in [-0.1, -0.05) is 35.9 Å². The van der Waals surface area contributed by atoms with Gasteiger partial charge in [0.2, 0.25) is 0 Å². The number of para-hydroxylation sites is 1. The molecule has 0 saturated carbocycles. The van der Waals surface area contributed by atoms with Crippen LogP contribution in [-0.4, -0.2) is 38.4 Å². The Morgan fingerprint density at radius 1 is 1.05 bits per heavy atom. The van der Waals surface area contributed by atoms with Crippen LogP contribution in [0.15, 0.2) is 54.6 Å². The van der Waals surface area contributed by atoms with Crippen molar-refractivity contribution in [2.75, 3.05) is 11.9 Å². The molecule has 0 atom stereocenters. The summed E-state index contributed by atoms with van der Waals surface area (Å²) < 4.78 is 7.91. The number of hydrogen-bond donors (Lipinski definition) is 3. The van der Waals surface area contributed by atoms with Crippen molar-refractivity contribution in [3.05, 3.63) is 99.0 Å². The minimum Gasteiger partial charge on any atom is -0.494 e. The summed E-state index contributed by atoms with van der Waals surface area (Å²) in [6.45, 7) is 8.36. The van der Waals surface area contributed by atoms with Crippen LogP contribution in [0.4, 0.5) is 5.69 Å². The van der Waals surface area contributed by atoms with Gasteiger partial charge in [0.15, 0.2) is 0 Å². The molecule has 0 aliphatic rings. The minimum absolute atomic E-state index is 0.0966. The van der Waals surface area contributed by atoms with Gasteiger partial charge in [0.1, 0.15) is 11.4 Å². The highest BCUT2D eigenvalue weighted by molar-refractivity contribution is 6.32. The third-order valence-electron chi connectivity index (χ3n) is 7.56. The predicted molar refractivity (Wildman–Crippen MR) is 166 cm³/mol. The maximum absolute atomic E-state index is 13.7. The highest BCUT2D eigenvalue weighted by atomic mass is 35.5. The van der Waals surface area contributed by atoms with E-state index >= 15 is 0 Å².